The van der Waals surface area contributed by atoms with Crippen molar-refractivity contribution in [3.8, 4) is 5.75 Å². The Kier molecular flexibility index (Phi) is 4.85. The van der Waals surface area contributed by atoms with Gasteiger partial charge in [-0.3, -0.25) is 9.78 Å². The molecule has 0 N–H and O–H groups in total. The van der Waals surface area contributed by atoms with Crippen molar-refractivity contribution in [1.82, 2.24) is 20.0 Å². The molecule has 0 saturated carbocycles. The summed E-state index contributed by atoms with van der Waals surface area (Å²) in [6.45, 7) is 3.63. The minimum Gasteiger partial charge on any atom is -0.482 e. The Bertz CT molecular complexity index is 636. The molecule has 0 aliphatic carbocycles. The van der Waals surface area contributed by atoms with Gasteiger partial charge in [-0.05, 0) is 25.0 Å². The lowest BCUT2D eigenvalue weighted by Gasteiger charge is -2.30. The Balaban J connectivity index is 1.52. The van der Waals surface area contributed by atoms with Gasteiger partial charge in [0.1, 0.15) is 5.75 Å². The molecule has 3 heterocycles. The van der Waals surface area contributed by atoms with Crippen molar-refractivity contribution in [3.05, 3.63) is 36.2 Å². The number of carbonyl (C=O) groups excluding carboxylic acids is 1. The van der Waals surface area contributed by atoms with Crippen molar-refractivity contribution in [2.24, 2.45) is 0 Å². The summed E-state index contributed by atoms with van der Waals surface area (Å²) in [5.74, 6) is 2.28. The van der Waals surface area contributed by atoms with E-state index < -0.39 is 0 Å². The molecule has 1 aliphatic rings. The van der Waals surface area contributed by atoms with Crippen molar-refractivity contribution in [2.75, 3.05) is 13.1 Å². The van der Waals surface area contributed by atoms with Crippen LogP contribution < -0.4 is 4.74 Å². The molecule has 1 saturated heterocycles. The first-order valence-electron chi connectivity index (χ1n) is 7.89. The first-order valence-corrected chi connectivity index (χ1v) is 7.89. The first kappa shape index (κ1) is 15.5. The third-order valence-corrected chi connectivity index (χ3v) is 4.00. The lowest BCUT2D eigenvalue weighted by atomic mass is 9.96. The lowest BCUT2D eigenvalue weighted by Crippen LogP contribution is -2.37. The van der Waals surface area contributed by atoms with E-state index in [9.17, 15) is 4.79 Å². The summed E-state index contributed by atoms with van der Waals surface area (Å²) < 4.78 is 10.8. The summed E-state index contributed by atoms with van der Waals surface area (Å²) in [5.41, 5.74) is 0. The number of hydrogen-bond donors (Lipinski definition) is 0. The maximum absolute atomic E-state index is 11.7. The van der Waals surface area contributed by atoms with Crippen LogP contribution in [0.5, 0.6) is 5.75 Å². The number of aromatic nitrogens is 3. The third-order valence-electron chi connectivity index (χ3n) is 4.00. The maximum atomic E-state index is 11.7. The highest BCUT2D eigenvalue weighted by Crippen LogP contribution is 2.26. The zero-order valence-corrected chi connectivity index (χ0v) is 13.1. The number of hydrogen-bond acceptors (Lipinski definition) is 6. The quantitative estimate of drug-likeness (QED) is 0.841. The molecular weight excluding hydrogens is 296 g/mol. The summed E-state index contributed by atoms with van der Waals surface area (Å²) in [6.07, 6.45) is 5.62. The molecule has 0 aromatic carbocycles. The van der Waals surface area contributed by atoms with Crippen LogP contribution in [0.4, 0.5) is 0 Å². The number of piperidine rings is 1. The van der Waals surface area contributed by atoms with E-state index in [0.29, 0.717) is 23.9 Å². The van der Waals surface area contributed by atoms with Gasteiger partial charge in [-0.1, -0.05) is 12.1 Å². The van der Waals surface area contributed by atoms with Crippen molar-refractivity contribution >= 4 is 5.91 Å². The molecule has 0 unspecified atom stereocenters. The minimum atomic E-state index is 0.210. The van der Waals surface area contributed by atoms with E-state index in [1.165, 1.54) is 0 Å². The Hall–Kier alpha value is -2.44. The fraction of sp³-hybridized carbons (Fsp3) is 0.500. The van der Waals surface area contributed by atoms with Gasteiger partial charge in [0, 0.05) is 31.6 Å². The molecule has 1 aliphatic heterocycles. The van der Waals surface area contributed by atoms with E-state index in [1.807, 2.05) is 17.9 Å². The van der Waals surface area contributed by atoms with E-state index in [-0.39, 0.29) is 18.4 Å². The number of amides is 1. The Morgan fingerprint density at radius 1 is 1.43 bits per heavy atom. The van der Waals surface area contributed by atoms with Crippen molar-refractivity contribution in [3.63, 3.8) is 0 Å². The van der Waals surface area contributed by atoms with Crippen LogP contribution in [0.25, 0.3) is 0 Å². The van der Waals surface area contributed by atoms with Crippen LogP contribution in [0.3, 0.4) is 0 Å². The Morgan fingerprint density at radius 2 is 2.26 bits per heavy atom. The largest absolute Gasteiger partial charge is 0.482 e. The van der Waals surface area contributed by atoms with Gasteiger partial charge in [-0.25, -0.2) is 0 Å². The second-order valence-corrected chi connectivity index (χ2v) is 5.53. The van der Waals surface area contributed by atoms with E-state index in [1.54, 1.807) is 18.5 Å². The Morgan fingerprint density at radius 3 is 2.96 bits per heavy atom. The topological polar surface area (TPSA) is 81.4 Å². The van der Waals surface area contributed by atoms with Crippen molar-refractivity contribution in [2.45, 2.75) is 38.7 Å². The molecule has 23 heavy (non-hydrogen) atoms. The predicted molar refractivity (Wildman–Crippen MR) is 81.7 cm³/mol. The fourth-order valence-electron chi connectivity index (χ4n) is 2.68. The van der Waals surface area contributed by atoms with Gasteiger partial charge in [-0.15, -0.1) is 0 Å². The van der Waals surface area contributed by atoms with Crippen LogP contribution in [0, 0.1) is 0 Å². The summed E-state index contributed by atoms with van der Waals surface area (Å²) in [5, 5.41) is 4.06. The summed E-state index contributed by atoms with van der Waals surface area (Å²) >= 11 is 0. The molecule has 0 atom stereocenters. The smallest absolute Gasteiger partial charge is 0.264 e. The second-order valence-electron chi connectivity index (χ2n) is 5.53. The van der Waals surface area contributed by atoms with E-state index in [2.05, 4.69) is 15.1 Å². The fourth-order valence-corrected chi connectivity index (χ4v) is 2.68. The molecule has 0 bridgehead atoms. The number of nitrogens with zero attached hydrogens (tertiary/aromatic N) is 4. The SMILES string of the molecule is CCC(=O)N1CCC(c2noc(COc3cccnc3)n2)CC1. The molecule has 7 heteroatoms. The van der Waals surface area contributed by atoms with Gasteiger partial charge in [0.25, 0.3) is 5.89 Å². The predicted octanol–water partition coefficient (Wildman–Crippen LogP) is 2.16. The van der Waals surface area contributed by atoms with Crippen molar-refractivity contribution in [1.29, 1.82) is 0 Å². The number of ether oxygens (including phenoxy) is 1. The third kappa shape index (κ3) is 3.85. The first-order chi connectivity index (χ1) is 11.3. The minimum absolute atomic E-state index is 0.210. The molecule has 3 rings (SSSR count). The average Bonchev–Trinajstić information content (AvgIpc) is 3.09. The monoisotopic (exact) mass is 316 g/mol. The van der Waals surface area contributed by atoms with Gasteiger partial charge < -0.3 is 14.2 Å². The normalized spacial score (nSPS) is 15.6. The number of likely N-dealkylation sites (tertiary alicyclic amines) is 1. The van der Waals surface area contributed by atoms with Gasteiger partial charge in [0.15, 0.2) is 12.4 Å². The molecule has 122 valence electrons. The van der Waals surface area contributed by atoms with Crippen LogP contribution in [0.2, 0.25) is 0 Å². The summed E-state index contributed by atoms with van der Waals surface area (Å²) in [6, 6.07) is 3.63. The molecule has 0 spiro atoms. The van der Waals surface area contributed by atoms with Gasteiger partial charge in [0.05, 0.1) is 6.20 Å². The number of carbonyl (C=O) groups is 1. The van der Waals surface area contributed by atoms with E-state index in [0.717, 1.165) is 25.9 Å². The standard InChI is InChI=1S/C16H20N4O3/c1-2-15(21)20-8-5-12(6-9-20)16-18-14(23-19-16)11-22-13-4-3-7-17-10-13/h3-4,7,10,12H,2,5-6,8-9,11H2,1H3. The van der Waals surface area contributed by atoms with Crippen molar-refractivity contribution < 1.29 is 14.1 Å². The summed E-state index contributed by atoms with van der Waals surface area (Å²) in [4.78, 5) is 22.0. The Labute approximate surface area is 134 Å². The zero-order valence-electron chi connectivity index (χ0n) is 13.1. The van der Waals surface area contributed by atoms with Crippen LogP contribution in [0.1, 0.15) is 43.8 Å². The highest BCUT2D eigenvalue weighted by molar-refractivity contribution is 5.75. The molecule has 2 aromatic rings. The van der Waals surface area contributed by atoms with Gasteiger partial charge in [-0.2, -0.15) is 4.98 Å². The molecule has 1 amide bonds. The van der Waals surface area contributed by atoms with E-state index >= 15 is 0 Å². The lowest BCUT2D eigenvalue weighted by molar-refractivity contribution is -0.131. The molecular formula is C16H20N4O3. The maximum Gasteiger partial charge on any atom is 0.264 e. The van der Waals surface area contributed by atoms with Crippen LogP contribution >= 0.6 is 0 Å². The molecule has 2 aromatic heterocycles. The molecule has 1 fully saturated rings. The molecule has 0 radical (unpaired) electrons. The second kappa shape index (κ2) is 7.21. The average molecular weight is 316 g/mol. The van der Waals surface area contributed by atoms with Gasteiger partial charge in [0.2, 0.25) is 5.91 Å². The van der Waals surface area contributed by atoms with Crippen LogP contribution in [-0.4, -0.2) is 39.0 Å². The highest BCUT2D eigenvalue weighted by Gasteiger charge is 2.26. The van der Waals surface area contributed by atoms with Crippen LogP contribution in [0.15, 0.2) is 29.0 Å². The van der Waals surface area contributed by atoms with Crippen LogP contribution in [-0.2, 0) is 11.4 Å². The summed E-state index contributed by atoms with van der Waals surface area (Å²) in [7, 11) is 0. The molecule has 7 nitrogen and oxygen atoms in total. The number of pyridine rings is 1. The van der Waals surface area contributed by atoms with E-state index in [4.69, 9.17) is 9.26 Å². The number of rotatable bonds is 5. The van der Waals surface area contributed by atoms with Gasteiger partial charge >= 0.3 is 0 Å². The highest BCUT2D eigenvalue weighted by atomic mass is 16.5. The zero-order chi connectivity index (χ0) is 16.1.